The summed E-state index contributed by atoms with van der Waals surface area (Å²) in [5.41, 5.74) is 6.36. The molecule has 0 atom stereocenters. The summed E-state index contributed by atoms with van der Waals surface area (Å²) < 4.78 is 2.43. The molecule has 0 fully saturated rings. The van der Waals surface area contributed by atoms with E-state index in [-0.39, 0.29) is 0 Å². The summed E-state index contributed by atoms with van der Waals surface area (Å²) in [6, 6.07) is 55.5. The van der Waals surface area contributed by atoms with Crippen LogP contribution in [0.3, 0.4) is 0 Å². The first kappa shape index (κ1) is 25.9. The Hall–Kier alpha value is -6.39. The highest BCUT2D eigenvalue weighted by Gasteiger charge is 2.22. The first-order chi connectivity index (χ1) is 23.3. The smallest absolute Gasteiger partial charge is 0.164 e. The van der Waals surface area contributed by atoms with E-state index in [4.69, 9.17) is 15.0 Å². The second kappa shape index (κ2) is 10.1. The van der Waals surface area contributed by atoms with Gasteiger partial charge in [0.2, 0.25) is 0 Å². The largest absolute Gasteiger partial charge is 0.309 e. The lowest BCUT2D eigenvalue weighted by molar-refractivity contribution is 1.07. The van der Waals surface area contributed by atoms with E-state index in [1.807, 2.05) is 60.7 Å². The Balaban J connectivity index is 1.33. The highest BCUT2D eigenvalue weighted by Crippen LogP contribution is 2.46. The average molecular weight is 599 g/mol. The molecule has 0 saturated carbocycles. The van der Waals surface area contributed by atoms with Gasteiger partial charge in [0, 0.05) is 38.5 Å². The monoisotopic (exact) mass is 598 g/mol. The van der Waals surface area contributed by atoms with Gasteiger partial charge in [-0.25, -0.2) is 15.0 Å². The topological polar surface area (TPSA) is 43.6 Å². The Kier molecular flexibility index (Phi) is 5.54. The van der Waals surface area contributed by atoms with E-state index in [0.717, 1.165) is 27.9 Å². The number of aromatic nitrogens is 4. The number of hydrogen-bond acceptors (Lipinski definition) is 3. The van der Waals surface area contributed by atoms with Gasteiger partial charge in [0.1, 0.15) is 0 Å². The molecule has 0 saturated heterocycles. The van der Waals surface area contributed by atoms with Gasteiger partial charge >= 0.3 is 0 Å². The number of para-hydroxylation sites is 1. The van der Waals surface area contributed by atoms with Crippen molar-refractivity contribution >= 4 is 54.1 Å². The average Bonchev–Trinajstić information content (AvgIpc) is 3.50. The maximum atomic E-state index is 5.06. The van der Waals surface area contributed by atoms with Crippen molar-refractivity contribution in [3.63, 3.8) is 0 Å². The maximum absolute atomic E-state index is 5.06. The third kappa shape index (κ3) is 3.92. The zero-order valence-corrected chi connectivity index (χ0v) is 25.3. The summed E-state index contributed by atoms with van der Waals surface area (Å²) in [4.78, 5) is 15.0. The Labute approximate surface area is 270 Å². The molecule has 8 aromatic carbocycles. The molecular weight excluding hydrogens is 573 g/mol. The molecule has 0 aliphatic heterocycles. The zero-order chi connectivity index (χ0) is 30.9. The summed E-state index contributed by atoms with van der Waals surface area (Å²) in [6.07, 6.45) is 0. The van der Waals surface area contributed by atoms with E-state index < -0.39 is 0 Å². The molecule has 0 spiro atoms. The van der Waals surface area contributed by atoms with Crippen LogP contribution in [0.2, 0.25) is 0 Å². The summed E-state index contributed by atoms with van der Waals surface area (Å²) in [6.45, 7) is 0. The van der Waals surface area contributed by atoms with E-state index in [9.17, 15) is 0 Å². The van der Waals surface area contributed by atoms with Crippen LogP contribution < -0.4 is 0 Å². The summed E-state index contributed by atoms with van der Waals surface area (Å²) in [7, 11) is 0. The fourth-order valence-electron chi connectivity index (χ4n) is 7.30. The van der Waals surface area contributed by atoms with Crippen LogP contribution in [0.5, 0.6) is 0 Å². The lowest BCUT2D eigenvalue weighted by Crippen LogP contribution is -2.00. The molecule has 2 heterocycles. The van der Waals surface area contributed by atoms with Gasteiger partial charge in [-0.05, 0) is 57.3 Å². The second-order valence-corrected chi connectivity index (χ2v) is 12.0. The van der Waals surface area contributed by atoms with Crippen molar-refractivity contribution in [2.75, 3.05) is 0 Å². The predicted octanol–water partition coefficient (Wildman–Crippen LogP) is 10.9. The summed E-state index contributed by atoms with van der Waals surface area (Å²) in [5.74, 6) is 1.96. The van der Waals surface area contributed by atoms with Crippen molar-refractivity contribution in [1.29, 1.82) is 0 Å². The third-order valence-electron chi connectivity index (χ3n) is 9.35. The standard InChI is InChI=1S/C43H26N4/c1-4-12-29(13-5-1)41-44-42(30-14-6-2-7-15-30)46-43(45-41)31-24-25-36-35(26-31)39-33-20-10-16-27-22-23-28-17-11-21-34(38(28)37(27)33)40(39)47(36)32-18-8-3-9-19-32/h1-26H. The Morgan fingerprint density at radius 1 is 0.362 bits per heavy atom. The number of rotatable bonds is 4. The SMILES string of the molecule is c1ccc(-c2nc(-c3ccccc3)nc(-c3ccc4c(c3)c3c5cccc6ccc7cccc(c7c65)c3n4-c3ccccc3)n2)cc1. The van der Waals surface area contributed by atoms with Gasteiger partial charge in [-0.15, -0.1) is 0 Å². The van der Waals surface area contributed by atoms with Crippen LogP contribution in [0.15, 0.2) is 158 Å². The lowest BCUT2D eigenvalue weighted by Gasteiger charge is -2.15. The highest BCUT2D eigenvalue weighted by atomic mass is 15.0. The Morgan fingerprint density at radius 3 is 1.51 bits per heavy atom. The molecular formula is C43H26N4. The number of hydrogen-bond donors (Lipinski definition) is 0. The van der Waals surface area contributed by atoms with E-state index in [2.05, 4.69) is 102 Å². The van der Waals surface area contributed by atoms with Gasteiger partial charge in [0.25, 0.3) is 0 Å². The summed E-state index contributed by atoms with van der Waals surface area (Å²) in [5, 5.41) is 10.0. The van der Waals surface area contributed by atoms with E-state index in [1.165, 1.54) is 48.6 Å². The Bertz CT molecular complexity index is 2710. The fourth-order valence-corrected chi connectivity index (χ4v) is 7.30. The van der Waals surface area contributed by atoms with Gasteiger partial charge in [0.05, 0.1) is 11.0 Å². The second-order valence-electron chi connectivity index (χ2n) is 12.0. The first-order valence-electron chi connectivity index (χ1n) is 15.9. The van der Waals surface area contributed by atoms with Crippen LogP contribution in [-0.4, -0.2) is 19.5 Å². The summed E-state index contributed by atoms with van der Waals surface area (Å²) >= 11 is 0. The van der Waals surface area contributed by atoms with Crippen molar-refractivity contribution < 1.29 is 0 Å². The molecule has 4 nitrogen and oxygen atoms in total. The highest BCUT2D eigenvalue weighted by molar-refractivity contribution is 6.37. The van der Waals surface area contributed by atoms with Gasteiger partial charge in [0.15, 0.2) is 17.5 Å². The molecule has 0 N–H and O–H groups in total. The van der Waals surface area contributed by atoms with Crippen LogP contribution in [0.1, 0.15) is 0 Å². The molecule has 0 aliphatic carbocycles. The van der Waals surface area contributed by atoms with Crippen molar-refractivity contribution in [2.24, 2.45) is 0 Å². The molecule has 10 aromatic rings. The lowest BCUT2D eigenvalue weighted by atomic mass is 9.91. The molecule has 47 heavy (non-hydrogen) atoms. The Morgan fingerprint density at radius 2 is 0.894 bits per heavy atom. The van der Waals surface area contributed by atoms with E-state index >= 15 is 0 Å². The first-order valence-corrected chi connectivity index (χ1v) is 15.9. The molecule has 0 bridgehead atoms. The third-order valence-corrected chi connectivity index (χ3v) is 9.35. The van der Waals surface area contributed by atoms with Crippen LogP contribution in [0, 0.1) is 0 Å². The van der Waals surface area contributed by atoms with E-state index in [1.54, 1.807) is 0 Å². The van der Waals surface area contributed by atoms with Crippen molar-refractivity contribution in [2.45, 2.75) is 0 Å². The fraction of sp³-hybridized carbons (Fsp3) is 0. The van der Waals surface area contributed by atoms with Crippen LogP contribution in [0.25, 0.3) is 94.0 Å². The predicted molar refractivity (Wildman–Crippen MR) is 194 cm³/mol. The van der Waals surface area contributed by atoms with Crippen LogP contribution >= 0.6 is 0 Å². The number of nitrogens with zero attached hydrogens (tertiary/aromatic N) is 4. The molecule has 218 valence electrons. The van der Waals surface area contributed by atoms with Gasteiger partial charge in [-0.1, -0.05) is 127 Å². The van der Waals surface area contributed by atoms with Crippen LogP contribution in [-0.2, 0) is 0 Å². The molecule has 10 rings (SSSR count). The zero-order valence-electron chi connectivity index (χ0n) is 25.3. The molecule has 0 radical (unpaired) electrons. The number of benzene rings is 8. The molecule has 4 heteroatoms. The maximum Gasteiger partial charge on any atom is 0.164 e. The number of fused-ring (bicyclic) bond motifs is 5. The normalized spacial score (nSPS) is 11.8. The quantitative estimate of drug-likeness (QED) is 0.189. The van der Waals surface area contributed by atoms with Crippen LogP contribution in [0.4, 0.5) is 0 Å². The molecule has 2 aromatic heterocycles. The van der Waals surface area contributed by atoms with Gasteiger partial charge in [-0.3, -0.25) is 0 Å². The van der Waals surface area contributed by atoms with Gasteiger partial charge in [-0.2, -0.15) is 0 Å². The molecule has 0 unspecified atom stereocenters. The van der Waals surface area contributed by atoms with Crippen molar-refractivity contribution in [3.05, 3.63) is 158 Å². The van der Waals surface area contributed by atoms with Crippen molar-refractivity contribution in [3.8, 4) is 39.9 Å². The van der Waals surface area contributed by atoms with E-state index in [0.29, 0.717) is 17.5 Å². The minimum absolute atomic E-state index is 0.650. The molecule has 0 aliphatic rings. The van der Waals surface area contributed by atoms with Crippen molar-refractivity contribution in [1.82, 2.24) is 19.5 Å². The molecule has 0 amide bonds. The minimum atomic E-state index is 0.650. The minimum Gasteiger partial charge on any atom is -0.309 e. The van der Waals surface area contributed by atoms with Gasteiger partial charge < -0.3 is 4.57 Å².